The van der Waals surface area contributed by atoms with Gasteiger partial charge in [0.1, 0.15) is 11.8 Å². The van der Waals surface area contributed by atoms with Crippen LogP contribution >= 0.6 is 0 Å². The van der Waals surface area contributed by atoms with Crippen LogP contribution in [0.2, 0.25) is 0 Å². The Kier molecular flexibility index (Phi) is 7.78. The summed E-state index contributed by atoms with van der Waals surface area (Å²) in [7, 11) is 0. The lowest BCUT2D eigenvalue weighted by Crippen LogP contribution is -2.34. The first-order valence-corrected chi connectivity index (χ1v) is 9.81. The highest BCUT2D eigenvalue weighted by Gasteiger charge is 2.17. The molecular formula is C25H22N2O4. The Morgan fingerprint density at radius 1 is 0.871 bits per heavy atom. The maximum Gasteiger partial charge on any atom is 0.344 e. The van der Waals surface area contributed by atoms with E-state index in [1.165, 1.54) is 0 Å². The summed E-state index contributed by atoms with van der Waals surface area (Å²) in [5, 5.41) is 12.0. The van der Waals surface area contributed by atoms with Crippen molar-refractivity contribution in [1.29, 1.82) is 5.26 Å². The van der Waals surface area contributed by atoms with Gasteiger partial charge in [-0.25, -0.2) is 4.79 Å². The van der Waals surface area contributed by atoms with Gasteiger partial charge < -0.3 is 14.8 Å². The molecule has 156 valence electrons. The summed E-state index contributed by atoms with van der Waals surface area (Å²) in [6.45, 7) is -0.807. The molecule has 6 heteroatoms. The van der Waals surface area contributed by atoms with E-state index < -0.39 is 25.1 Å². The first-order valence-electron chi connectivity index (χ1n) is 9.81. The van der Waals surface area contributed by atoms with Gasteiger partial charge in [0.25, 0.3) is 5.91 Å². The second-order valence-corrected chi connectivity index (χ2v) is 6.78. The quantitative estimate of drug-likeness (QED) is 0.541. The fourth-order valence-electron chi connectivity index (χ4n) is 3.03. The maximum atomic E-state index is 12.4. The van der Waals surface area contributed by atoms with Gasteiger partial charge in [-0.1, -0.05) is 72.8 Å². The number of nitrogens with one attached hydrogen (secondary N) is 1. The van der Waals surface area contributed by atoms with Crippen LogP contribution in [0.15, 0.2) is 84.9 Å². The summed E-state index contributed by atoms with van der Waals surface area (Å²) in [5.74, 6) is -0.809. The molecule has 0 aliphatic carbocycles. The molecule has 0 spiro atoms. The largest absolute Gasteiger partial charge is 0.481 e. The summed E-state index contributed by atoms with van der Waals surface area (Å²) in [5.41, 5.74) is 2.36. The minimum absolute atomic E-state index is 0.256. The summed E-state index contributed by atoms with van der Waals surface area (Å²) >= 11 is 0. The number of nitrogens with zero attached hydrogens (tertiary/aromatic N) is 1. The van der Waals surface area contributed by atoms with Crippen molar-refractivity contribution in [3.05, 3.63) is 102 Å². The Morgan fingerprint density at radius 3 is 2.23 bits per heavy atom. The SMILES string of the molecule is N#Cc1ccccc1OCC(=O)OCC(=O)N[C@@H](Cc1ccccc1)c1ccccc1. The van der Waals surface area contributed by atoms with Crippen molar-refractivity contribution in [3.63, 3.8) is 0 Å². The van der Waals surface area contributed by atoms with E-state index in [1.54, 1.807) is 24.3 Å². The Balaban J connectivity index is 1.53. The lowest BCUT2D eigenvalue weighted by atomic mass is 9.99. The summed E-state index contributed by atoms with van der Waals surface area (Å²) < 4.78 is 10.3. The van der Waals surface area contributed by atoms with Gasteiger partial charge in [0, 0.05) is 0 Å². The summed E-state index contributed by atoms with van der Waals surface area (Å²) in [4.78, 5) is 24.4. The van der Waals surface area contributed by atoms with Crippen LogP contribution in [-0.2, 0) is 20.7 Å². The lowest BCUT2D eigenvalue weighted by Gasteiger charge is -2.19. The molecule has 0 aromatic heterocycles. The van der Waals surface area contributed by atoms with E-state index in [9.17, 15) is 9.59 Å². The molecule has 0 aliphatic heterocycles. The predicted octanol–water partition coefficient (Wildman–Crippen LogP) is 3.58. The van der Waals surface area contributed by atoms with Gasteiger partial charge in [0.05, 0.1) is 11.6 Å². The second-order valence-electron chi connectivity index (χ2n) is 6.78. The van der Waals surface area contributed by atoms with Crippen LogP contribution in [0, 0.1) is 11.3 Å². The minimum Gasteiger partial charge on any atom is -0.481 e. The van der Waals surface area contributed by atoms with Crippen molar-refractivity contribution in [2.24, 2.45) is 0 Å². The third-order valence-electron chi connectivity index (χ3n) is 4.54. The number of carbonyl (C=O) groups is 2. The molecule has 1 atom stereocenters. The summed E-state index contributed by atoms with van der Waals surface area (Å²) in [6.07, 6.45) is 0.610. The Bertz CT molecular complexity index is 1050. The topological polar surface area (TPSA) is 88.4 Å². The van der Waals surface area contributed by atoms with E-state index in [0.717, 1.165) is 11.1 Å². The number of para-hydroxylation sites is 1. The Labute approximate surface area is 181 Å². The van der Waals surface area contributed by atoms with Crippen molar-refractivity contribution in [2.75, 3.05) is 13.2 Å². The van der Waals surface area contributed by atoms with Gasteiger partial charge in [0.2, 0.25) is 0 Å². The van der Waals surface area contributed by atoms with Crippen LogP contribution in [0.1, 0.15) is 22.7 Å². The molecule has 3 aromatic carbocycles. The Morgan fingerprint density at radius 2 is 1.52 bits per heavy atom. The molecule has 0 saturated carbocycles. The number of carbonyl (C=O) groups excluding carboxylic acids is 2. The molecule has 0 aliphatic rings. The van der Waals surface area contributed by atoms with Crippen LogP contribution in [0.4, 0.5) is 0 Å². The highest BCUT2D eigenvalue weighted by atomic mass is 16.6. The van der Waals surface area contributed by atoms with E-state index in [2.05, 4.69) is 5.32 Å². The molecular weight excluding hydrogens is 392 g/mol. The van der Waals surface area contributed by atoms with Crippen LogP contribution < -0.4 is 10.1 Å². The van der Waals surface area contributed by atoms with Crippen molar-refractivity contribution in [1.82, 2.24) is 5.32 Å². The van der Waals surface area contributed by atoms with Crippen molar-refractivity contribution in [2.45, 2.75) is 12.5 Å². The second kappa shape index (κ2) is 11.2. The van der Waals surface area contributed by atoms with E-state index in [1.807, 2.05) is 66.7 Å². The Hall–Kier alpha value is -4.11. The molecule has 1 N–H and O–H groups in total. The van der Waals surface area contributed by atoms with E-state index in [-0.39, 0.29) is 6.04 Å². The molecule has 3 rings (SSSR count). The molecule has 1 amide bonds. The number of benzene rings is 3. The van der Waals surface area contributed by atoms with Crippen LogP contribution in [0.25, 0.3) is 0 Å². The number of nitriles is 1. The van der Waals surface area contributed by atoms with Gasteiger partial charge in [-0.2, -0.15) is 5.26 Å². The first-order chi connectivity index (χ1) is 15.2. The molecule has 0 saturated heterocycles. The third kappa shape index (κ3) is 6.72. The lowest BCUT2D eigenvalue weighted by molar-refractivity contribution is -0.150. The summed E-state index contributed by atoms with van der Waals surface area (Å²) in [6, 6.07) is 27.8. The van der Waals surface area contributed by atoms with Crippen LogP contribution in [0.3, 0.4) is 0 Å². The van der Waals surface area contributed by atoms with Crippen molar-refractivity contribution < 1.29 is 19.1 Å². The van der Waals surface area contributed by atoms with Crippen molar-refractivity contribution in [3.8, 4) is 11.8 Å². The number of hydrogen-bond acceptors (Lipinski definition) is 5. The van der Waals surface area contributed by atoms with E-state index in [0.29, 0.717) is 17.7 Å². The molecule has 0 fully saturated rings. The molecule has 3 aromatic rings. The fraction of sp³-hybridized carbons (Fsp3) is 0.160. The third-order valence-corrected chi connectivity index (χ3v) is 4.54. The number of ether oxygens (including phenoxy) is 2. The zero-order valence-electron chi connectivity index (χ0n) is 16.9. The average Bonchev–Trinajstić information content (AvgIpc) is 2.82. The van der Waals surface area contributed by atoms with E-state index in [4.69, 9.17) is 14.7 Å². The molecule has 0 radical (unpaired) electrons. The van der Waals surface area contributed by atoms with Crippen molar-refractivity contribution >= 4 is 11.9 Å². The monoisotopic (exact) mass is 414 g/mol. The zero-order chi connectivity index (χ0) is 21.9. The smallest absolute Gasteiger partial charge is 0.344 e. The molecule has 31 heavy (non-hydrogen) atoms. The molecule has 0 bridgehead atoms. The molecule has 6 nitrogen and oxygen atoms in total. The highest BCUT2D eigenvalue weighted by Crippen LogP contribution is 2.18. The fourth-order valence-corrected chi connectivity index (χ4v) is 3.03. The first kappa shape index (κ1) is 21.6. The van der Waals surface area contributed by atoms with Crippen LogP contribution in [-0.4, -0.2) is 25.1 Å². The molecule has 0 heterocycles. The minimum atomic E-state index is -0.692. The standard InChI is InChI=1S/C25H22N2O4/c26-16-21-13-7-8-14-23(21)30-18-25(29)31-17-24(28)27-22(20-11-5-2-6-12-20)15-19-9-3-1-4-10-19/h1-14,22H,15,17-18H2,(H,27,28)/t22-/m0/s1. The maximum absolute atomic E-state index is 12.4. The number of amides is 1. The van der Waals surface area contributed by atoms with Gasteiger partial charge in [0.15, 0.2) is 13.2 Å². The van der Waals surface area contributed by atoms with Gasteiger partial charge >= 0.3 is 5.97 Å². The molecule has 0 unspecified atom stereocenters. The zero-order valence-corrected chi connectivity index (χ0v) is 16.9. The predicted molar refractivity (Wildman–Crippen MR) is 115 cm³/mol. The number of esters is 1. The highest BCUT2D eigenvalue weighted by molar-refractivity contribution is 5.81. The van der Waals surface area contributed by atoms with Gasteiger partial charge in [-0.05, 0) is 29.7 Å². The van der Waals surface area contributed by atoms with E-state index >= 15 is 0 Å². The normalized spacial score (nSPS) is 11.1. The number of hydrogen-bond donors (Lipinski definition) is 1. The number of rotatable bonds is 9. The average molecular weight is 414 g/mol. The van der Waals surface area contributed by atoms with Gasteiger partial charge in [-0.3, -0.25) is 4.79 Å². The van der Waals surface area contributed by atoms with Crippen LogP contribution in [0.5, 0.6) is 5.75 Å². The van der Waals surface area contributed by atoms with Gasteiger partial charge in [-0.15, -0.1) is 0 Å².